The van der Waals surface area contributed by atoms with Gasteiger partial charge in [-0.1, -0.05) is 39.0 Å². The van der Waals surface area contributed by atoms with Crippen LogP contribution in [-0.4, -0.2) is 76.7 Å². The topological polar surface area (TPSA) is 297 Å². The highest BCUT2D eigenvalue weighted by Crippen LogP contribution is 2.38. The van der Waals surface area contributed by atoms with Crippen molar-refractivity contribution < 1.29 is 28.0 Å². The zero-order valence-corrected chi connectivity index (χ0v) is 34.6. The number of benzene rings is 2. The maximum Gasteiger partial charge on any atom is 0.274 e. The van der Waals surface area contributed by atoms with E-state index in [1.165, 1.54) is 11.8 Å². The first-order valence-corrected chi connectivity index (χ1v) is 21.1. The van der Waals surface area contributed by atoms with E-state index < -0.39 is 23.4 Å². The van der Waals surface area contributed by atoms with Crippen LogP contribution in [0, 0.1) is 11.6 Å². The monoisotopic (exact) mass is 857 g/mol. The van der Waals surface area contributed by atoms with Gasteiger partial charge in [0.25, 0.3) is 11.8 Å². The molecule has 1 aromatic heterocycles. The minimum atomic E-state index is -0.838. The third-order valence-corrected chi connectivity index (χ3v) is 10.4. The van der Waals surface area contributed by atoms with Crippen LogP contribution in [0.15, 0.2) is 56.4 Å². The van der Waals surface area contributed by atoms with Gasteiger partial charge in [-0.3, -0.25) is 29.2 Å². The second-order valence-electron chi connectivity index (χ2n) is 13.0. The Morgan fingerprint density at radius 1 is 0.610 bits per heavy atom. The fourth-order valence-electron chi connectivity index (χ4n) is 5.41. The van der Waals surface area contributed by atoms with Crippen LogP contribution in [0.1, 0.15) is 92.1 Å². The number of guanidine groups is 2. The summed E-state index contributed by atoms with van der Waals surface area (Å²) in [4.78, 5) is 69.4. The molecule has 0 aliphatic rings. The molecule has 0 unspecified atom stereocenters. The molecule has 0 aliphatic heterocycles. The van der Waals surface area contributed by atoms with Crippen molar-refractivity contribution in [2.24, 2.45) is 38.7 Å². The standard InChI is InChI=1S/C38H53F2N13O4S2/c1-2-3-4-5-6-7-10-31(54)50-25-17-23(39)19-27(33(25)58-15-13-46-37(42)43)52-35(56)29-21-30(49-22-48-29)36(57)53-28-20-24(40)18-26(51-32(55)11-8-9-12-41)34(28)59-16-14-47-38(44)45/h17-22H,2-16,41H2,1H3,(H,50,54)(H,51,55)(H,52,56)(H,53,57)(H4,42,43,46)(H4,44,45,47). The van der Waals surface area contributed by atoms with Gasteiger partial charge in [-0.05, 0) is 50.1 Å². The fourth-order valence-corrected chi connectivity index (χ4v) is 7.25. The fraction of sp³-hybridized carbons (Fsp3) is 0.421. The molecule has 0 saturated heterocycles. The van der Waals surface area contributed by atoms with Crippen LogP contribution >= 0.6 is 23.5 Å². The molecule has 0 saturated carbocycles. The minimum Gasteiger partial charge on any atom is -0.370 e. The second kappa shape index (κ2) is 25.7. The normalized spacial score (nSPS) is 10.7. The number of amides is 4. The van der Waals surface area contributed by atoms with Gasteiger partial charge in [0.15, 0.2) is 11.9 Å². The van der Waals surface area contributed by atoms with Crippen LogP contribution in [0.25, 0.3) is 0 Å². The molecule has 0 aliphatic carbocycles. The number of nitrogens with zero attached hydrogens (tertiary/aromatic N) is 4. The van der Waals surface area contributed by atoms with Crippen molar-refractivity contribution in [3.8, 4) is 0 Å². The minimum absolute atomic E-state index is 0.000189. The smallest absolute Gasteiger partial charge is 0.274 e. The van der Waals surface area contributed by atoms with E-state index in [-0.39, 0.29) is 83.8 Å². The third kappa shape index (κ3) is 17.5. The molecule has 59 heavy (non-hydrogen) atoms. The quantitative estimate of drug-likeness (QED) is 0.0241. The van der Waals surface area contributed by atoms with Gasteiger partial charge in [0, 0.05) is 30.4 Å². The molecule has 17 nitrogen and oxygen atoms in total. The first-order valence-electron chi connectivity index (χ1n) is 19.1. The molecule has 0 fully saturated rings. The maximum atomic E-state index is 15.1. The summed E-state index contributed by atoms with van der Waals surface area (Å²) < 4.78 is 30.0. The van der Waals surface area contributed by atoms with Gasteiger partial charge in [-0.2, -0.15) is 0 Å². The van der Waals surface area contributed by atoms with E-state index in [9.17, 15) is 23.6 Å². The number of nitrogens with one attached hydrogen (secondary N) is 4. The number of nitrogens with two attached hydrogens (primary N) is 5. The van der Waals surface area contributed by atoms with Crippen molar-refractivity contribution in [2.45, 2.75) is 80.9 Å². The number of anilines is 4. The lowest BCUT2D eigenvalue weighted by molar-refractivity contribution is -0.117. The number of halogens is 2. The summed E-state index contributed by atoms with van der Waals surface area (Å²) in [5.74, 6) is -3.50. The summed E-state index contributed by atoms with van der Waals surface area (Å²) in [5.41, 5.74) is 27.1. The van der Waals surface area contributed by atoms with Crippen molar-refractivity contribution in [3.63, 3.8) is 0 Å². The number of unbranched alkanes of at least 4 members (excludes halogenated alkanes) is 6. The highest BCUT2D eigenvalue weighted by molar-refractivity contribution is 7.99. The Balaban J connectivity index is 1.87. The number of aromatic nitrogens is 2. The Kier molecular flexibility index (Phi) is 20.9. The van der Waals surface area contributed by atoms with E-state index in [4.69, 9.17) is 28.7 Å². The molecule has 3 rings (SSSR count). The van der Waals surface area contributed by atoms with Gasteiger partial charge in [-0.15, -0.1) is 23.5 Å². The molecule has 0 spiro atoms. The van der Waals surface area contributed by atoms with Crippen LogP contribution in [0.2, 0.25) is 0 Å². The Bertz CT molecular complexity index is 1960. The van der Waals surface area contributed by atoms with E-state index >= 15 is 4.39 Å². The summed E-state index contributed by atoms with van der Waals surface area (Å²) >= 11 is 2.33. The van der Waals surface area contributed by atoms with Crippen LogP contribution < -0.4 is 49.9 Å². The van der Waals surface area contributed by atoms with Crippen LogP contribution in [0.5, 0.6) is 0 Å². The third-order valence-electron chi connectivity index (χ3n) is 8.16. The van der Waals surface area contributed by atoms with Gasteiger partial charge in [0.2, 0.25) is 11.8 Å². The first kappa shape index (κ1) is 47.8. The van der Waals surface area contributed by atoms with Crippen molar-refractivity contribution in [1.29, 1.82) is 0 Å². The molecule has 1 heterocycles. The summed E-state index contributed by atoms with van der Waals surface area (Å²) in [6.07, 6.45) is 8.39. The summed E-state index contributed by atoms with van der Waals surface area (Å²) in [7, 11) is 0. The number of rotatable bonds is 25. The highest BCUT2D eigenvalue weighted by Gasteiger charge is 2.21. The zero-order valence-electron chi connectivity index (χ0n) is 33.0. The molecule has 3 aromatic rings. The molecular weight excluding hydrogens is 805 g/mol. The zero-order chi connectivity index (χ0) is 43.2. The molecule has 320 valence electrons. The average Bonchev–Trinajstić information content (AvgIpc) is 3.17. The molecule has 2 aromatic carbocycles. The average molecular weight is 858 g/mol. The van der Waals surface area contributed by atoms with Gasteiger partial charge in [-0.25, -0.2) is 18.7 Å². The van der Waals surface area contributed by atoms with E-state index in [2.05, 4.69) is 48.1 Å². The van der Waals surface area contributed by atoms with Crippen LogP contribution in [0.3, 0.4) is 0 Å². The molecule has 0 atom stereocenters. The Morgan fingerprint density at radius 3 is 1.44 bits per heavy atom. The second-order valence-corrected chi connectivity index (χ2v) is 15.2. The SMILES string of the molecule is CCCCCCCCC(=O)Nc1cc(F)cc(NC(=O)c2cc(C(=O)Nc3cc(F)cc(NC(=O)CCCCN)c3SCCN=C(N)N)ncn2)c1SCCN=C(N)N. The predicted octanol–water partition coefficient (Wildman–Crippen LogP) is 4.75. The van der Waals surface area contributed by atoms with Gasteiger partial charge in [0.05, 0.1) is 45.6 Å². The van der Waals surface area contributed by atoms with Crippen LogP contribution in [0.4, 0.5) is 31.5 Å². The van der Waals surface area contributed by atoms with Crippen molar-refractivity contribution in [1.82, 2.24) is 9.97 Å². The molecule has 14 N–H and O–H groups in total. The Hall–Kier alpha value is -5.54. The number of thioether (sulfide) groups is 2. The van der Waals surface area contributed by atoms with Crippen LogP contribution in [-0.2, 0) is 9.59 Å². The molecule has 0 bridgehead atoms. The van der Waals surface area contributed by atoms with E-state index in [0.29, 0.717) is 47.1 Å². The van der Waals surface area contributed by atoms with E-state index in [0.717, 1.165) is 80.5 Å². The molecule has 4 amide bonds. The lowest BCUT2D eigenvalue weighted by Gasteiger charge is -2.17. The van der Waals surface area contributed by atoms with Gasteiger partial charge in [0.1, 0.15) is 29.3 Å². The summed E-state index contributed by atoms with van der Waals surface area (Å²) in [5, 5.41) is 10.7. The first-order chi connectivity index (χ1) is 28.3. The lowest BCUT2D eigenvalue weighted by atomic mass is 10.1. The number of hydrogen-bond acceptors (Lipinski definition) is 11. The molecule has 21 heteroatoms. The Morgan fingerprint density at radius 2 is 1.02 bits per heavy atom. The Labute approximate surface area is 350 Å². The van der Waals surface area contributed by atoms with E-state index in [1.807, 2.05) is 0 Å². The molecule has 0 radical (unpaired) electrons. The predicted molar refractivity (Wildman–Crippen MR) is 232 cm³/mol. The van der Waals surface area contributed by atoms with E-state index in [1.54, 1.807) is 0 Å². The number of aliphatic imine (C=N–C) groups is 2. The lowest BCUT2D eigenvalue weighted by Crippen LogP contribution is -2.23. The van der Waals surface area contributed by atoms with Crippen molar-refractivity contribution >= 4 is 81.8 Å². The largest absolute Gasteiger partial charge is 0.370 e. The van der Waals surface area contributed by atoms with Crippen molar-refractivity contribution in [2.75, 3.05) is 52.4 Å². The molecular formula is C38H53F2N13O4S2. The van der Waals surface area contributed by atoms with Crippen molar-refractivity contribution in [3.05, 3.63) is 59.7 Å². The number of carbonyl (C=O) groups excluding carboxylic acids is 4. The summed E-state index contributed by atoms with van der Waals surface area (Å²) in [6, 6.07) is 5.54. The van der Waals surface area contributed by atoms with Gasteiger partial charge < -0.3 is 49.9 Å². The maximum absolute atomic E-state index is 15.1. The number of hydrogen-bond donors (Lipinski definition) is 9. The number of carbonyl (C=O) groups is 4. The summed E-state index contributed by atoms with van der Waals surface area (Å²) in [6.45, 7) is 2.91. The van der Waals surface area contributed by atoms with Gasteiger partial charge >= 0.3 is 0 Å². The highest BCUT2D eigenvalue weighted by atomic mass is 32.2.